The molecule has 0 radical (unpaired) electrons. The van der Waals surface area contributed by atoms with Crippen LogP contribution in [0.15, 0.2) is 60.7 Å². The lowest BCUT2D eigenvalue weighted by Crippen LogP contribution is -2.52. The zero-order chi connectivity index (χ0) is 20.7. The van der Waals surface area contributed by atoms with Gasteiger partial charge in [0.1, 0.15) is 0 Å². The monoisotopic (exact) mass is 407 g/mol. The molecule has 1 unspecified atom stereocenters. The quantitative estimate of drug-likeness (QED) is 0.664. The molecule has 2 aromatic carbocycles. The van der Waals surface area contributed by atoms with Gasteiger partial charge >= 0.3 is 0 Å². The van der Waals surface area contributed by atoms with Crippen molar-refractivity contribution in [2.45, 2.75) is 63.3 Å². The molecular weight excluding hydrogens is 374 g/mol. The summed E-state index contributed by atoms with van der Waals surface area (Å²) in [6, 6.07) is 20.8. The van der Waals surface area contributed by atoms with Gasteiger partial charge in [0.2, 0.25) is 5.91 Å². The van der Waals surface area contributed by atoms with Gasteiger partial charge in [-0.3, -0.25) is 4.79 Å². The van der Waals surface area contributed by atoms with Gasteiger partial charge in [0.05, 0.1) is 18.3 Å². The molecular formula is C26H33NO3. The van der Waals surface area contributed by atoms with Gasteiger partial charge in [0.25, 0.3) is 0 Å². The molecule has 1 spiro atoms. The SMILES string of the molecule is O=C(CCCc1ccccc1)N1CCC2(CC1)CC(OCc1ccccc1)CCO2. The number of ether oxygens (including phenoxy) is 2. The number of amides is 1. The number of carbonyl (C=O) groups excluding carboxylic acids is 1. The third-order valence-corrected chi connectivity index (χ3v) is 6.50. The minimum Gasteiger partial charge on any atom is -0.375 e. The average molecular weight is 408 g/mol. The van der Waals surface area contributed by atoms with Gasteiger partial charge in [-0.1, -0.05) is 60.7 Å². The molecule has 2 aromatic rings. The molecule has 160 valence electrons. The van der Waals surface area contributed by atoms with Gasteiger partial charge in [0, 0.05) is 32.5 Å². The number of aryl methyl sites for hydroxylation is 1. The first-order chi connectivity index (χ1) is 14.7. The molecule has 4 nitrogen and oxygen atoms in total. The first-order valence-corrected chi connectivity index (χ1v) is 11.3. The number of piperidine rings is 1. The van der Waals surface area contributed by atoms with Crippen molar-refractivity contribution in [1.29, 1.82) is 0 Å². The van der Waals surface area contributed by atoms with Crippen molar-refractivity contribution in [1.82, 2.24) is 4.90 Å². The minimum atomic E-state index is -0.111. The van der Waals surface area contributed by atoms with Crippen LogP contribution in [0.2, 0.25) is 0 Å². The Morgan fingerprint density at radius 3 is 2.37 bits per heavy atom. The summed E-state index contributed by atoms with van der Waals surface area (Å²) in [6.45, 7) is 3.02. The Morgan fingerprint density at radius 1 is 1.00 bits per heavy atom. The summed E-state index contributed by atoms with van der Waals surface area (Å²) in [5, 5.41) is 0. The maximum Gasteiger partial charge on any atom is 0.222 e. The van der Waals surface area contributed by atoms with Crippen LogP contribution in [0.1, 0.15) is 49.7 Å². The Bertz CT molecular complexity index is 784. The maximum absolute atomic E-state index is 12.6. The van der Waals surface area contributed by atoms with Crippen LogP contribution in [0.4, 0.5) is 0 Å². The molecule has 2 heterocycles. The van der Waals surface area contributed by atoms with Gasteiger partial charge < -0.3 is 14.4 Å². The van der Waals surface area contributed by atoms with Crippen molar-refractivity contribution < 1.29 is 14.3 Å². The predicted molar refractivity (Wildman–Crippen MR) is 118 cm³/mol. The molecule has 0 bridgehead atoms. The van der Waals surface area contributed by atoms with Crippen molar-refractivity contribution >= 4 is 5.91 Å². The molecule has 0 aromatic heterocycles. The molecule has 2 saturated heterocycles. The van der Waals surface area contributed by atoms with Crippen LogP contribution in [-0.2, 0) is 27.3 Å². The van der Waals surface area contributed by atoms with E-state index >= 15 is 0 Å². The summed E-state index contributed by atoms with van der Waals surface area (Å²) >= 11 is 0. The van der Waals surface area contributed by atoms with E-state index in [0.717, 1.165) is 58.2 Å². The zero-order valence-electron chi connectivity index (χ0n) is 17.8. The highest BCUT2D eigenvalue weighted by molar-refractivity contribution is 5.76. The smallest absolute Gasteiger partial charge is 0.222 e. The molecule has 2 fully saturated rings. The predicted octanol–water partition coefficient (Wildman–Crippen LogP) is 4.77. The lowest BCUT2D eigenvalue weighted by atomic mass is 9.83. The Labute approximate surface area is 180 Å². The van der Waals surface area contributed by atoms with E-state index in [0.29, 0.717) is 13.0 Å². The van der Waals surface area contributed by atoms with Gasteiger partial charge in [-0.25, -0.2) is 0 Å². The second-order valence-electron chi connectivity index (χ2n) is 8.66. The molecule has 0 aliphatic carbocycles. The van der Waals surface area contributed by atoms with E-state index < -0.39 is 0 Å². The van der Waals surface area contributed by atoms with E-state index in [1.165, 1.54) is 11.1 Å². The van der Waals surface area contributed by atoms with Crippen molar-refractivity contribution in [2.24, 2.45) is 0 Å². The number of hydrogen-bond acceptors (Lipinski definition) is 3. The highest BCUT2D eigenvalue weighted by atomic mass is 16.5. The number of hydrogen-bond donors (Lipinski definition) is 0. The van der Waals surface area contributed by atoms with Crippen LogP contribution in [0.3, 0.4) is 0 Å². The zero-order valence-corrected chi connectivity index (χ0v) is 17.8. The van der Waals surface area contributed by atoms with E-state index in [1.807, 2.05) is 17.0 Å². The lowest BCUT2D eigenvalue weighted by molar-refractivity contribution is -0.163. The summed E-state index contributed by atoms with van der Waals surface area (Å²) < 4.78 is 12.4. The summed E-state index contributed by atoms with van der Waals surface area (Å²) in [7, 11) is 0. The van der Waals surface area contributed by atoms with Crippen LogP contribution < -0.4 is 0 Å². The third-order valence-electron chi connectivity index (χ3n) is 6.50. The van der Waals surface area contributed by atoms with Gasteiger partial charge in [-0.15, -0.1) is 0 Å². The van der Waals surface area contributed by atoms with Crippen molar-refractivity contribution in [3.63, 3.8) is 0 Å². The molecule has 2 aliphatic heterocycles. The van der Waals surface area contributed by atoms with Crippen LogP contribution in [-0.4, -0.2) is 42.2 Å². The maximum atomic E-state index is 12.6. The van der Waals surface area contributed by atoms with E-state index in [2.05, 4.69) is 48.5 Å². The molecule has 4 rings (SSSR count). The Balaban J connectivity index is 1.20. The molecule has 0 saturated carbocycles. The largest absolute Gasteiger partial charge is 0.375 e. The summed E-state index contributed by atoms with van der Waals surface area (Å²) in [6.07, 6.45) is 6.49. The second kappa shape index (κ2) is 10.2. The first-order valence-electron chi connectivity index (χ1n) is 11.3. The van der Waals surface area contributed by atoms with E-state index in [-0.39, 0.29) is 17.6 Å². The van der Waals surface area contributed by atoms with Gasteiger partial charge in [0.15, 0.2) is 0 Å². The van der Waals surface area contributed by atoms with Crippen LogP contribution in [0.25, 0.3) is 0 Å². The number of benzene rings is 2. The fourth-order valence-corrected chi connectivity index (χ4v) is 4.67. The lowest BCUT2D eigenvalue weighted by Gasteiger charge is -2.46. The molecule has 1 amide bonds. The first kappa shape index (κ1) is 21.1. The topological polar surface area (TPSA) is 38.8 Å². The summed E-state index contributed by atoms with van der Waals surface area (Å²) in [4.78, 5) is 14.7. The van der Waals surface area contributed by atoms with Crippen LogP contribution in [0.5, 0.6) is 0 Å². The summed E-state index contributed by atoms with van der Waals surface area (Å²) in [5.74, 6) is 0.286. The average Bonchev–Trinajstić information content (AvgIpc) is 2.80. The standard InChI is InChI=1S/C26H33NO3/c28-25(13-7-12-22-8-3-1-4-9-22)27-17-15-26(16-18-27)20-24(14-19-30-26)29-21-23-10-5-2-6-11-23/h1-6,8-11,24H,7,12-21H2. The van der Waals surface area contributed by atoms with Crippen LogP contribution >= 0.6 is 0 Å². The number of likely N-dealkylation sites (tertiary alicyclic amines) is 1. The molecule has 0 N–H and O–H groups in total. The van der Waals surface area contributed by atoms with Gasteiger partial charge in [-0.2, -0.15) is 0 Å². The molecule has 2 aliphatic rings. The Hall–Kier alpha value is -2.17. The number of rotatable bonds is 7. The third kappa shape index (κ3) is 5.71. The van der Waals surface area contributed by atoms with Crippen molar-refractivity contribution in [3.8, 4) is 0 Å². The molecule has 30 heavy (non-hydrogen) atoms. The van der Waals surface area contributed by atoms with E-state index in [9.17, 15) is 4.79 Å². The fraction of sp³-hybridized carbons (Fsp3) is 0.500. The highest BCUT2D eigenvalue weighted by Gasteiger charge is 2.41. The molecule has 1 atom stereocenters. The normalized spacial score (nSPS) is 20.9. The van der Waals surface area contributed by atoms with Crippen LogP contribution in [0, 0.1) is 0 Å². The summed E-state index contributed by atoms with van der Waals surface area (Å²) in [5.41, 5.74) is 2.41. The Kier molecular flexibility index (Phi) is 7.19. The molecule has 4 heteroatoms. The van der Waals surface area contributed by atoms with Crippen molar-refractivity contribution in [2.75, 3.05) is 19.7 Å². The van der Waals surface area contributed by atoms with Gasteiger partial charge in [-0.05, 0) is 43.2 Å². The highest BCUT2D eigenvalue weighted by Crippen LogP contribution is 2.36. The Morgan fingerprint density at radius 2 is 1.67 bits per heavy atom. The fourth-order valence-electron chi connectivity index (χ4n) is 4.67. The van der Waals surface area contributed by atoms with E-state index in [4.69, 9.17) is 9.47 Å². The van der Waals surface area contributed by atoms with E-state index in [1.54, 1.807) is 0 Å². The van der Waals surface area contributed by atoms with Crippen molar-refractivity contribution in [3.05, 3.63) is 71.8 Å². The minimum absolute atomic E-state index is 0.111. The second-order valence-corrected chi connectivity index (χ2v) is 8.66. The number of carbonyl (C=O) groups is 1. The number of nitrogens with zero attached hydrogens (tertiary/aromatic N) is 1.